The lowest BCUT2D eigenvalue weighted by atomic mass is 10.1. The van der Waals surface area contributed by atoms with Crippen LogP contribution in [0.5, 0.6) is 40.2 Å². The number of pyridine rings is 2. The van der Waals surface area contributed by atoms with Gasteiger partial charge in [-0.05, 0) is 109 Å². The Hall–Kier alpha value is -9.05. The number of ether oxygens (including phenoxy) is 5. The minimum absolute atomic E-state index is 0.0422. The Morgan fingerprint density at radius 2 is 0.817 bits per heavy atom. The van der Waals surface area contributed by atoms with Crippen molar-refractivity contribution in [2.45, 2.75) is 25.4 Å². The third-order valence-corrected chi connectivity index (χ3v) is 7.74. The molecule has 6 aromatic rings. The first kappa shape index (κ1) is 54.6. The van der Waals surface area contributed by atoms with Gasteiger partial charge in [-0.1, -0.05) is 0 Å². The van der Waals surface area contributed by atoms with Crippen LogP contribution in [0.3, 0.4) is 0 Å². The molecule has 16 nitrogen and oxygen atoms in total. The van der Waals surface area contributed by atoms with E-state index in [1.165, 1.54) is 24.5 Å². The predicted octanol–water partition coefficient (Wildman–Crippen LogP) is 9.78. The van der Waals surface area contributed by atoms with Gasteiger partial charge in [-0.25, -0.2) is 4.39 Å². The van der Waals surface area contributed by atoms with Gasteiger partial charge < -0.3 is 50.9 Å². The molecule has 4 aromatic carbocycles. The highest BCUT2D eigenvalue weighted by atomic mass is 19.4. The van der Waals surface area contributed by atoms with Gasteiger partial charge in [0.25, 0.3) is 23.6 Å². The zero-order valence-corrected chi connectivity index (χ0v) is 34.6. The predicted molar refractivity (Wildman–Crippen MR) is 216 cm³/mol. The summed E-state index contributed by atoms with van der Waals surface area (Å²) >= 11 is 0. The highest BCUT2D eigenvalue weighted by Gasteiger charge is 2.34. The average Bonchev–Trinajstić information content (AvgIpc) is 3.25. The third-order valence-electron chi connectivity index (χ3n) is 7.74. The van der Waals surface area contributed by atoms with Gasteiger partial charge in [-0.15, -0.1) is 52.7 Å². The standard InChI is InChI=1S/C21H13F6N3O5.C14H9F4N3O3.C7H5F3O2/c22-20(23,24)34-13-3-1-12(2-4-13)33-17-6-5-14(35-21(25,26)27)10-15(17)19(32)30-11-7-8-29-16(9-11)18(28)31;15-10-2-1-8(24-14(16,17)18)6-9(10)13(23)21-7-3-4-20-11(5-7)12(19)22;8-7(9,10)12-6-3-1-5(11)2-4-6/h1-10H,(H2,28,31)(H,29,30,32);1-6H,(H2,19,22)(H,20,21,23);1-4,11H. The number of phenols is 1. The molecular formula is C42H27F13N6O10. The number of halogens is 13. The number of phenolic OH excluding ortho intramolecular Hbond substituents is 1. The van der Waals surface area contributed by atoms with Crippen molar-refractivity contribution in [3.63, 3.8) is 0 Å². The summed E-state index contributed by atoms with van der Waals surface area (Å²) in [6, 6.07) is 17.8. The molecule has 7 N–H and O–H groups in total. The first-order valence-corrected chi connectivity index (χ1v) is 18.6. The molecule has 29 heteroatoms. The van der Waals surface area contributed by atoms with Crippen LogP contribution < -0.4 is 45.8 Å². The fraction of sp³-hybridized carbons (Fsp3) is 0.0952. The van der Waals surface area contributed by atoms with E-state index in [9.17, 15) is 76.3 Å². The van der Waals surface area contributed by atoms with Crippen LogP contribution in [0.25, 0.3) is 0 Å². The molecule has 0 saturated heterocycles. The van der Waals surface area contributed by atoms with Crippen LogP contribution in [-0.4, -0.2) is 64.2 Å². The number of anilines is 2. The SMILES string of the molecule is NC(=O)c1cc(NC(=O)c2cc(OC(F)(F)F)ccc2F)ccn1.NC(=O)c1cc(NC(=O)c2cc(OC(F)(F)F)ccc2Oc2ccc(OC(F)(F)F)cc2)ccn1.Oc1ccc(OC(F)(F)F)cc1. The molecule has 0 bridgehead atoms. The van der Waals surface area contributed by atoms with Crippen molar-refractivity contribution >= 4 is 35.0 Å². The fourth-order valence-electron chi connectivity index (χ4n) is 5.02. The summed E-state index contributed by atoms with van der Waals surface area (Å²) in [5.74, 6) is -7.59. The number of rotatable bonds is 12. The second-order valence-corrected chi connectivity index (χ2v) is 13.1. The van der Waals surface area contributed by atoms with Gasteiger partial charge in [-0.3, -0.25) is 29.1 Å². The molecule has 376 valence electrons. The minimum Gasteiger partial charge on any atom is -0.508 e. The zero-order valence-electron chi connectivity index (χ0n) is 34.6. The summed E-state index contributed by atoms with van der Waals surface area (Å²) in [7, 11) is 0. The maximum Gasteiger partial charge on any atom is 0.573 e. The Balaban J connectivity index is 0.000000261. The van der Waals surface area contributed by atoms with Gasteiger partial charge in [0.2, 0.25) is 0 Å². The van der Waals surface area contributed by atoms with Gasteiger partial charge in [0.15, 0.2) is 0 Å². The Kier molecular flexibility index (Phi) is 17.5. The van der Waals surface area contributed by atoms with Gasteiger partial charge in [0.1, 0.15) is 57.5 Å². The number of nitrogens with zero attached hydrogens (tertiary/aromatic N) is 2. The van der Waals surface area contributed by atoms with E-state index in [2.05, 4.69) is 39.5 Å². The molecule has 0 aliphatic carbocycles. The number of nitrogens with one attached hydrogen (secondary N) is 2. The second kappa shape index (κ2) is 22.8. The van der Waals surface area contributed by atoms with Gasteiger partial charge >= 0.3 is 25.4 Å². The summed E-state index contributed by atoms with van der Waals surface area (Å²) in [5.41, 5.74) is 8.82. The maximum absolute atomic E-state index is 13.7. The quantitative estimate of drug-likeness (QED) is 0.0721. The number of nitrogens with two attached hydrogens (primary N) is 2. The molecule has 71 heavy (non-hydrogen) atoms. The fourth-order valence-corrected chi connectivity index (χ4v) is 5.02. The van der Waals surface area contributed by atoms with Crippen LogP contribution in [0.4, 0.5) is 68.5 Å². The van der Waals surface area contributed by atoms with Crippen LogP contribution in [0.1, 0.15) is 41.7 Å². The molecule has 2 heterocycles. The summed E-state index contributed by atoms with van der Waals surface area (Å²) in [6.45, 7) is 0. The smallest absolute Gasteiger partial charge is 0.508 e. The van der Waals surface area contributed by atoms with Gasteiger partial charge in [-0.2, -0.15) is 0 Å². The summed E-state index contributed by atoms with van der Waals surface area (Å²) in [4.78, 5) is 54.5. The first-order chi connectivity index (χ1) is 32.9. The summed E-state index contributed by atoms with van der Waals surface area (Å²) in [6.07, 6.45) is -17.3. The lowest BCUT2D eigenvalue weighted by Gasteiger charge is -2.15. The number of amides is 4. The monoisotopic (exact) mass is 1020 g/mol. The van der Waals surface area contributed by atoms with E-state index in [0.717, 1.165) is 84.9 Å². The molecular weight excluding hydrogens is 995 g/mol. The van der Waals surface area contributed by atoms with Gasteiger partial charge in [0, 0.05) is 23.8 Å². The largest absolute Gasteiger partial charge is 0.573 e. The number of hydrogen-bond donors (Lipinski definition) is 5. The van der Waals surface area contributed by atoms with Crippen LogP contribution >= 0.6 is 0 Å². The average molecular weight is 1020 g/mol. The van der Waals surface area contributed by atoms with Crippen LogP contribution in [0, 0.1) is 5.82 Å². The van der Waals surface area contributed by atoms with Crippen molar-refractivity contribution in [3.05, 3.63) is 150 Å². The van der Waals surface area contributed by atoms with Gasteiger partial charge in [0.05, 0.1) is 11.1 Å². The molecule has 0 unspecified atom stereocenters. The van der Waals surface area contributed by atoms with Crippen molar-refractivity contribution in [2.24, 2.45) is 11.5 Å². The number of primary amides is 2. The Morgan fingerprint density at radius 3 is 1.24 bits per heavy atom. The lowest BCUT2D eigenvalue weighted by molar-refractivity contribution is -0.275. The Bertz CT molecular complexity index is 2830. The molecule has 0 radical (unpaired) electrons. The summed E-state index contributed by atoms with van der Waals surface area (Å²) in [5, 5.41) is 13.3. The molecule has 0 atom stereocenters. The molecule has 0 aliphatic heterocycles. The molecule has 6 rings (SSSR count). The highest BCUT2D eigenvalue weighted by molar-refractivity contribution is 6.07. The van der Waals surface area contributed by atoms with E-state index in [1.54, 1.807) is 0 Å². The van der Waals surface area contributed by atoms with Crippen molar-refractivity contribution in [1.82, 2.24) is 9.97 Å². The number of aromatic nitrogens is 2. The molecule has 2 aromatic heterocycles. The van der Waals surface area contributed by atoms with Crippen molar-refractivity contribution in [3.8, 4) is 40.2 Å². The highest BCUT2D eigenvalue weighted by Crippen LogP contribution is 2.34. The minimum atomic E-state index is -5.05. The van der Waals surface area contributed by atoms with Crippen LogP contribution in [0.2, 0.25) is 0 Å². The van der Waals surface area contributed by atoms with E-state index < -0.39 is 83.3 Å². The normalized spacial score (nSPS) is 11.3. The molecule has 0 spiro atoms. The Labute approximate surface area is 387 Å². The molecule has 0 fully saturated rings. The molecule has 4 amide bonds. The van der Waals surface area contributed by atoms with E-state index in [0.29, 0.717) is 12.1 Å². The van der Waals surface area contributed by atoms with Crippen molar-refractivity contribution < 1.29 is 105 Å². The van der Waals surface area contributed by atoms with Crippen LogP contribution in [0.15, 0.2) is 122 Å². The van der Waals surface area contributed by atoms with Crippen LogP contribution in [-0.2, 0) is 0 Å². The zero-order chi connectivity index (χ0) is 52.9. The maximum atomic E-state index is 13.7. The topological polar surface area (TPSA) is 237 Å². The number of carbonyl (C=O) groups is 4. The summed E-state index contributed by atoms with van der Waals surface area (Å²) < 4.78 is 180. The molecule has 0 aliphatic rings. The van der Waals surface area contributed by atoms with E-state index >= 15 is 0 Å². The van der Waals surface area contributed by atoms with E-state index in [4.69, 9.17) is 21.3 Å². The first-order valence-electron chi connectivity index (χ1n) is 18.6. The number of aromatic hydroxyl groups is 1. The second-order valence-electron chi connectivity index (χ2n) is 13.1. The molecule has 0 saturated carbocycles. The Morgan fingerprint density at radius 1 is 0.465 bits per heavy atom. The number of benzene rings is 4. The van der Waals surface area contributed by atoms with E-state index in [-0.39, 0.29) is 45.8 Å². The van der Waals surface area contributed by atoms with E-state index in [1.807, 2.05) is 0 Å². The lowest BCUT2D eigenvalue weighted by Crippen LogP contribution is -2.19. The number of alkyl halides is 12. The van der Waals surface area contributed by atoms with Crippen molar-refractivity contribution in [2.75, 3.05) is 10.6 Å². The van der Waals surface area contributed by atoms with Crippen molar-refractivity contribution in [1.29, 1.82) is 0 Å². The number of carbonyl (C=O) groups excluding carboxylic acids is 4. The number of hydrogen-bond acceptors (Lipinski definition) is 12. The third kappa shape index (κ3) is 19.2.